The van der Waals surface area contributed by atoms with Crippen LogP contribution in [0.2, 0.25) is 0 Å². The summed E-state index contributed by atoms with van der Waals surface area (Å²) >= 11 is 0. The van der Waals surface area contributed by atoms with Crippen LogP contribution in [-0.2, 0) is 9.59 Å². The molecular formula is C8H10F3NO4. The topological polar surface area (TPSA) is 86.6 Å². The van der Waals surface area contributed by atoms with Crippen LogP contribution in [0.3, 0.4) is 0 Å². The van der Waals surface area contributed by atoms with Gasteiger partial charge in [0.25, 0.3) is 0 Å². The Bertz CT molecular complexity index is 298. The van der Waals surface area contributed by atoms with Gasteiger partial charge in [0.05, 0.1) is 0 Å². The molecule has 5 nitrogen and oxygen atoms in total. The number of fused-ring (bicyclic) bond motifs is 1. The standard InChI is InChI=1S/C6H9NO2.C2HF3O2/c8-6(9)5-3-1-4(2-3)7-5;3-2(4,5)1(6)7/h3-5,7H,1-2H2,(H,8,9);(H,6,7)/t3?,4?,5-;/m0./s1. The highest BCUT2D eigenvalue weighted by molar-refractivity contribution is 5.75. The number of carbonyl (C=O) groups is 2. The van der Waals surface area contributed by atoms with E-state index in [0.29, 0.717) is 12.0 Å². The maximum absolute atomic E-state index is 10.6. The molecule has 0 aromatic heterocycles. The first-order chi connectivity index (χ1) is 7.21. The molecule has 1 saturated carbocycles. The predicted octanol–water partition coefficient (Wildman–Crippen LogP) is 0.455. The Hall–Kier alpha value is -1.31. The molecule has 0 radical (unpaired) electrons. The largest absolute Gasteiger partial charge is 0.490 e. The van der Waals surface area contributed by atoms with Crippen LogP contribution < -0.4 is 5.32 Å². The van der Waals surface area contributed by atoms with Gasteiger partial charge in [0, 0.05) is 6.04 Å². The van der Waals surface area contributed by atoms with Crippen molar-refractivity contribution in [1.29, 1.82) is 0 Å². The van der Waals surface area contributed by atoms with E-state index in [9.17, 15) is 18.0 Å². The third kappa shape index (κ3) is 2.84. The summed E-state index contributed by atoms with van der Waals surface area (Å²) in [5, 5.41) is 18.7. The highest BCUT2D eigenvalue weighted by Gasteiger charge is 2.47. The third-order valence-corrected chi connectivity index (χ3v) is 2.57. The van der Waals surface area contributed by atoms with Gasteiger partial charge in [-0.1, -0.05) is 0 Å². The van der Waals surface area contributed by atoms with Crippen LogP contribution >= 0.6 is 0 Å². The molecule has 0 amide bonds. The van der Waals surface area contributed by atoms with E-state index in [1.807, 2.05) is 0 Å². The Morgan fingerprint density at radius 1 is 1.19 bits per heavy atom. The van der Waals surface area contributed by atoms with Gasteiger partial charge in [0.1, 0.15) is 6.04 Å². The van der Waals surface area contributed by atoms with Crippen molar-refractivity contribution in [3.8, 4) is 0 Å². The monoisotopic (exact) mass is 241 g/mol. The van der Waals surface area contributed by atoms with Crippen LogP contribution in [0.25, 0.3) is 0 Å². The molecule has 0 aromatic carbocycles. The van der Waals surface area contributed by atoms with Crippen molar-refractivity contribution in [3.05, 3.63) is 0 Å². The second-order valence-corrected chi connectivity index (χ2v) is 3.71. The van der Waals surface area contributed by atoms with E-state index in [-0.39, 0.29) is 6.04 Å². The number of hydrogen-bond donors (Lipinski definition) is 3. The SMILES string of the molecule is O=C(O)C(F)(F)F.O=C(O)[C@H]1NC2CC1C2. The number of carboxylic acids is 2. The van der Waals surface area contributed by atoms with Crippen molar-refractivity contribution in [3.63, 3.8) is 0 Å². The summed E-state index contributed by atoms with van der Waals surface area (Å²) in [5.74, 6) is -3.00. The lowest BCUT2D eigenvalue weighted by Crippen LogP contribution is -2.30. The lowest BCUT2D eigenvalue weighted by molar-refractivity contribution is -0.192. The first-order valence-electron chi connectivity index (χ1n) is 4.50. The Kier molecular flexibility index (Phi) is 3.41. The highest BCUT2D eigenvalue weighted by Crippen LogP contribution is 2.37. The highest BCUT2D eigenvalue weighted by atomic mass is 19.4. The summed E-state index contributed by atoms with van der Waals surface area (Å²) in [5.41, 5.74) is 0. The number of rotatable bonds is 1. The molecule has 0 spiro atoms. The molecule has 1 aliphatic carbocycles. The van der Waals surface area contributed by atoms with Gasteiger partial charge in [0.15, 0.2) is 0 Å². The minimum absolute atomic E-state index is 0.227. The van der Waals surface area contributed by atoms with Crippen LogP contribution in [0.1, 0.15) is 12.8 Å². The second-order valence-electron chi connectivity index (χ2n) is 3.71. The number of aliphatic carboxylic acids is 2. The average Bonchev–Trinajstić information content (AvgIpc) is 2.58. The van der Waals surface area contributed by atoms with Gasteiger partial charge in [-0.25, -0.2) is 4.79 Å². The van der Waals surface area contributed by atoms with Crippen molar-refractivity contribution in [2.24, 2.45) is 5.92 Å². The van der Waals surface area contributed by atoms with Crippen molar-refractivity contribution in [2.45, 2.75) is 31.1 Å². The molecule has 2 aliphatic heterocycles. The van der Waals surface area contributed by atoms with E-state index in [0.717, 1.165) is 12.8 Å². The van der Waals surface area contributed by atoms with Gasteiger partial charge in [-0.3, -0.25) is 4.79 Å². The Morgan fingerprint density at radius 3 is 1.75 bits per heavy atom. The van der Waals surface area contributed by atoms with Gasteiger partial charge in [-0.15, -0.1) is 0 Å². The predicted molar refractivity (Wildman–Crippen MR) is 44.8 cm³/mol. The summed E-state index contributed by atoms with van der Waals surface area (Å²) in [6.07, 6.45) is -2.92. The minimum Gasteiger partial charge on any atom is -0.480 e. The molecular weight excluding hydrogens is 231 g/mol. The minimum atomic E-state index is -5.08. The quantitative estimate of drug-likeness (QED) is 0.620. The average molecular weight is 241 g/mol. The number of nitrogens with one attached hydrogen (secondary N) is 1. The lowest BCUT2D eigenvalue weighted by Gasteiger charge is -2.20. The van der Waals surface area contributed by atoms with Crippen molar-refractivity contribution >= 4 is 11.9 Å². The van der Waals surface area contributed by atoms with Gasteiger partial charge in [0.2, 0.25) is 0 Å². The van der Waals surface area contributed by atoms with Crippen LogP contribution in [0, 0.1) is 5.92 Å². The Labute approximate surface area is 88.2 Å². The number of carboxylic acid groups (broad SMARTS) is 2. The number of hydrogen-bond acceptors (Lipinski definition) is 3. The molecule has 2 bridgehead atoms. The summed E-state index contributed by atoms with van der Waals surface area (Å²) < 4.78 is 31.7. The van der Waals surface area contributed by atoms with Crippen molar-refractivity contribution < 1.29 is 33.0 Å². The Balaban J connectivity index is 0.000000168. The van der Waals surface area contributed by atoms with Gasteiger partial charge in [-0.2, -0.15) is 13.2 Å². The normalized spacial score (nSPS) is 31.1. The maximum atomic E-state index is 10.6. The Morgan fingerprint density at radius 2 is 1.62 bits per heavy atom. The zero-order chi connectivity index (χ0) is 12.5. The molecule has 3 rings (SSSR count). The third-order valence-electron chi connectivity index (χ3n) is 2.57. The van der Waals surface area contributed by atoms with Gasteiger partial charge < -0.3 is 15.5 Å². The van der Waals surface area contributed by atoms with E-state index in [1.54, 1.807) is 0 Å². The van der Waals surface area contributed by atoms with Crippen LogP contribution in [0.5, 0.6) is 0 Å². The first-order valence-corrected chi connectivity index (χ1v) is 4.50. The molecule has 2 heterocycles. The molecule has 3 fully saturated rings. The van der Waals surface area contributed by atoms with E-state index >= 15 is 0 Å². The lowest BCUT2D eigenvalue weighted by atomic mass is 9.83. The fourth-order valence-electron chi connectivity index (χ4n) is 1.73. The molecule has 2 saturated heterocycles. The zero-order valence-electron chi connectivity index (χ0n) is 7.99. The van der Waals surface area contributed by atoms with Gasteiger partial charge >= 0.3 is 18.1 Å². The van der Waals surface area contributed by atoms with Crippen LogP contribution in [0.4, 0.5) is 13.2 Å². The van der Waals surface area contributed by atoms with Crippen molar-refractivity contribution in [1.82, 2.24) is 5.32 Å². The molecule has 92 valence electrons. The molecule has 1 atom stereocenters. The second kappa shape index (κ2) is 4.28. The summed E-state index contributed by atoms with van der Waals surface area (Å²) in [7, 11) is 0. The van der Waals surface area contributed by atoms with Crippen LogP contribution in [-0.4, -0.2) is 40.4 Å². The van der Waals surface area contributed by atoms with Crippen molar-refractivity contribution in [2.75, 3.05) is 0 Å². The van der Waals surface area contributed by atoms with E-state index in [4.69, 9.17) is 15.0 Å². The molecule has 0 unspecified atom stereocenters. The fraction of sp³-hybridized carbons (Fsp3) is 0.750. The molecule has 8 heteroatoms. The van der Waals surface area contributed by atoms with Gasteiger partial charge in [-0.05, 0) is 18.8 Å². The smallest absolute Gasteiger partial charge is 0.480 e. The molecule has 0 aromatic rings. The van der Waals surface area contributed by atoms with E-state index < -0.39 is 18.1 Å². The van der Waals surface area contributed by atoms with E-state index in [2.05, 4.69) is 5.32 Å². The van der Waals surface area contributed by atoms with E-state index in [1.165, 1.54) is 0 Å². The number of halogens is 3. The number of alkyl halides is 3. The summed E-state index contributed by atoms with van der Waals surface area (Å²) in [4.78, 5) is 19.3. The summed E-state index contributed by atoms with van der Waals surface area (Å²) in [6.45, 7) is 0. The zero-order valence-corrected chi connectivity index (χ0v) is 7.99. The summed E-state index contributed by atoms with van der Waals surface area (Å²) in [6, 6.07) is 0.297. The molecule has 3 aliphatic rings. The molecule has 3 N–H and O–H groups in total. The maximum Gasteiger partial charge on any atom is 0.490 e. The first kappa shape index (κ1) is 12.8. The fourth-order valence-corrected chi connectivity index (χ4v) is 1.73. The van der Waals surface area contributed by atoms with Crippen LogP contribution in [0.15, 0.2) is 0 Å². The molecule has 16 heavy (non-hydrogen) atoms.